The minimum atomic E-state index is -0.887. The van der Waals surface area contributed by atoms with Crippen LogP contribution in [0.5, 0.6) is 0 Å². The zero-order valence-electron chi connectivity index (χ0n) is 12.9. The predicted molar refractivity (Wildman–Crippen MR) is 79.6 cm³/mol. The number of rotatable bonds is 4. The molecule has 1 aliphatic heterocycles. The van der Waals surface area contributed by atoms with E-state index in [1.807, 2.05) is 0 Å². The molecular formula is C16H19F2NO4. The molecule has 1 heterocycles. The molecule has 1 aromatic carbocycles. The first-order valence-electron chi connectivity index (χ1n) is 7.12. The average molecular weight is 327 g/mol. The number of hydrogen-bond acceptors (Lipinski definition) is 4. The van der Waals surface area contributed by atoms with Crippen LogP contribution in [0.15, 0.2) is 24.3 Å². The average Bonchev–Trinajstić information content (AvgIpc) is 2.55. The van der Waals surface area contributed by atoms with Crippen molar-refractivity contribution in [3.8, 4) is 0 Å². The lowest BCUT2D eigenvalue weighted by molar-refractivity contribution is -0.154. The van der Waals surface area contributed by atoms with E-state index in [9.17, 15) is 18.7 Å². The number of nitrogens with zero attached hydrogens (tertiary/aromatic N) is 1. The third-order valence-corrected chi connectivity index (χ3v) is 3.86. The molecule has 0 saturated carbocycles. The van der Waals surface area contributed by atoms with Crippen LogP contribution in [0, 0.1) is 11.6 Å². The van der Waals surface area contributed by atoms with Gasteiger partial charge in [-0.25, -0.2) is 8.78 Å². The molecule has 0 aliphatic carbocycles. The normalized spacial score (nSPS) is 24.8. The maximum Gasteiger partial charge on any atom is 0.246 e. The number of hydrogen-bond donors (Lipinski definition) is 1. The summed E-state index contributed by atoms with van der Waals surface area (Å²) in [6, 6.07) is 2.41. The Hall–Kier alpha value is -1.83. The van der Waals surface area contributed by atoms with Crippen LogP contribution in [-0.4, -0.2) is 61.5 Å². The zero-order chi connectivity index (χ0) is 17.0. The monoisotopic (exact) mass is 327 g/mol. The Kier molecular flexibility index (Phi) is 5.81. The lowest BCUT2D eigenvalue weighted by atomic mass is 10.0. The number of carbonyl (C=O) groups excluding carboxylic acids is 1. The number of aliphatic hydroxyl groups is 1. The number of halogens is 2. The fourth-order valence-corrected chi connectivity index (χ4v) is 2.38. The van der Waals surface area contributed by atoms with Crippen molar-refractivity contribution < 1.29 is 28.2 Å². The van der Waals surface area contributed by atoms with Crippen molar-refractivity contribution in [3.05, 3.63) is 41.5 Å². The van der Waals surface area contributed by atoms with Gasteiger partial charge in [0.2, 0.25) is 5.91 Å². The SMILES string of the molecule is CO[C@@H]1COC[C@@H](N(C)C(=O)/C=C/c2cc(F)ccc2F)[C@@H]1O. The van der Waals surface area contributed by atoms with Crippen LogP contribution in [0.4, 0.5) is 8.78 Å². The Morgan fingerprint density at radius 1 is 1.43 bits per heavy atom. The van der Waals surface area contributed by atoms with E-state index in [1.165, 1.54) is 25.1 Å². The van der Waals surface area contributed by atoms with E-state index in [0.717, 1.165) is 24.3 Å². The molecule has 0 bridgehead atoms. The summed E-state index contributed by atoms with van der Waals surface area (Å²) in [6.07, 6.45) is 0.915. The molecule has 1 aliphatic rings. The van der Waals surface area contributed by atoms with Crippen LogP contribution in [0.2, 0.25) is 0 Å². The van der Waals surface area contributed by atoms with Gasteiger partial charge in [-0.2, -0.15) is 0 Å². The number of methoxy groups -OCH3 is 1. The van der Waals surface area contributed by atoms with Crippen molar-refractivity contribution in [3.63, 3.8) is 0 Å². The maximum absolute atomic E-state index is 13.5. The second-order valence-electron chi connectivity index (χ2n) is 5.32. The van der Waals surface area contributed by atoms with Gasteiger partial charge in [0.15, 0.2) is 0 Å². The van der Waals surface area contributed by atoms with E-state index < -0.39 is 35.8 Å². The molecule has 0 radical (unpaired) electrons. The van der Waals surface area contributed by atoms with Crippen molar-refractivity contribution in [1.29, 1.82) is 0 Å². The molecule has 2 rings (SSSR count). The van der Waals surface area contributed by atoms with E-state index in [1.54, 1.807) is 0 Å². The number of ether oxygens (including phenoxy) is 2. The van der Waals surface area contributed by atoms with E-state index in [-0.39, 0.29) is 18.8 Å². The largest absolute Gasteiger partial charge is 0.388 e. The third kappa shape index (κ3) is 4.13. The van der Waals surface area contributed by atoms with Gasteiger partial charge < -0.3 is 19.5 Å². The van der Waals surface area contributed by atoms with Gasteiger partial charge in [-0.15, -0.1) is 0 Å². The number of benzene rings is 1. The van der Waals surface area contributed by atoms with Crippen LogP contribution < -0.4 is 0 Å². The molecule has 1 N–H and O–H groups in total. The molecule has 1 fully saturated rings. The summed E-state index contributed by atoms with van der Waals surface area (Å²) in [5.41, 5.74) is -0.0260. The molecule has 1 saturated heterocycles. The second kappa shape index (κ2) is 7.63. The molecule has 126 valence electrons. The Morgan fingerprint density at radius 3 is 2.87 bits per heavy atom. The quantitative estimate of drug-likeness (QED) is 0.845. The van der Waals surface area contributed by atoms with E-state index in [4.69, 9.17) is 9.47 Å². The highest BCUT2D eigenvalue weighted by molar-refractivity contribution is 5.91. The fraction of sp³-hybridized carbons (Fsp3) is 0.438. The Balaban J connectivity index is 2.07. The summed E-state index contributed by atoms with van der Waals surface area (Å²) >= 11 is 0. The Labute approximate surface area is 133 Å². The van der Waals surface area contributed by atoms with Crippen molar-refractivity contribution in [2.24, 2.45) is 0 Å². The maximum atomic E-state index is 13.5. The first-order chi connectivity index (χ1) is 10.9. The van der Waals surface area contributed by atoms with Crippen LogP contribution in [0.3, 0.4) is 0 Å². The highest BCUT2D eigenvalue weighted by Crippen LogP contribution is 2.17. The molecule has 1 amide bonds. The smallest absolute Gasteiger partial charge is 0.246 e. The van der Waals surface area contributed by atoms with Crippen LogP contribution in [0.1, 0.15) is 5.56 Å². The van der Waals surface area contributed by atoms with Crippen molar-refractivity contribution in [1.82, 2.24) is 4.90 Å². The molecule has 0 unspecified atom stereocenters. The molecule has 3 atom stereocenters. The summed E-state index contributed by atoms with van der Waals surface area (Å²) in [5.74, 6) is -1.68. The van der Waals surface area contributed by atoms with Crippen LogP contribution in [-0.2, 0) is 14.3 Å². The highest BCUT2D eigenvalue weighted by Gasteiger charge is 2.36. The molecule has 7 heteroatoms. The zero-order valence-corrected chi connectivity index (χ0v) is 12.9. The lowest BCUT2D eigenvalue weighted by Crippen LogP contribution is -2.56. The standard InChI is InChI=1S/C16H19F2NO4/c1-19(13-8-23-9-14(22-2)16(13)21)15(20)6-3-10-7-11(17)4-5-12(10)18/h3-7,13-14,16,21H,8-9H2,1-2H3/b6-3+/t13-,14-,16+/m1/s1. The summed E-state index contributed by atoms with van der Waals surface area (Å²) in [7, 11) is 2.96. The molecule has 1 aromatic rings. The Morgan fingerprint density at radius 2 is 2.17 bits per heavy atom. The minimum Gasteiger partial charge on any atom is -0.388 e. The molecule has 0 spiro atoms. The van der Waals surface area contributed by atoms with Gasteiger partial charge in [-0.05, 0) is 24.3 Å². The first-order valence-corrected chi connectivity index (χ1v) is 7.12. The minimum absolute atomic E-state index is 0.0260. The predicted octanol–water partition coefficient (Wildman–Crippen LogP) is 1.21. The summed E-state index contributed by atoms with van der Waals surface area (Å²) in [4.78, 5) is 13.5. The lowest BCUT2D eigenvalue weighted by Gasteiger charge is -2.38. The molecule has 23 heavy (non-hydrogen) atoms. The summed E-state index contributed by atoms with van der Waals surface area (Å²) in [6.45, 7) is 0.423. The summed E-state index contributed by atoms with van der Waals surface area (Å²) in [5, 5.41) is 10.2. The number of aliphatic hydroxyl groups excluding tert-OH is 1. The summed E-state index contributed by atoms with van der Waals surface area (Å²) < 4.78 is 37.0. The first kappa shape index (κ1) is 17.5. The van der Waals surface area contributed by atoms with Gasteiger partial charge in [0.1, 0.15) is 23.8 Å². The molecule has 5 nitrogen and oxygen atoms in total. The Bertz CT molecular complexity index is 593. The van der Waals surface area contributed by atoms with Crippen molar-refractivity contribution in [2.45, 2.75) is 18.2 Å². The van der Waals surface area contributed by atoms with Crippen LogP contribution in [0.25, 0.3) is 6.08 Å². The van der Waals surface area contributed by atoms with Gasteiger partial charge in [0.05, 0.1) is 19.3 Å². The van der Waals surface area contributed by atoms with Gasteiger partial charge in [0, 0.05) is 25.8 Å². The van der Waals surface area contributed by atoms with Crippen LogP contribution >= 0.6 is 0 Å². The third-order valence-electron chi connectivity index (χ3n) is 3.86. The number of amides is 1. The van der Waals surface area contributed by atoms with E-state index in [0.29, 0.717) is 0 Å². The molecular weight excluding hydrogens is 308 g/mol. The number of carbonyl (C=O) groups is 1. The van der Waals surface area contributed by atoms with Crippen molar-refractivity contribution in [2.75, 3.05) is 27.4 Å². The van der Waals surface area contributed by atoms with Gasteiger partial charge in [-0.1, -0.05) is 0 Å². The van der Waals surface area contributed by atoms with E-state index in [2.05, 4.69) is 0 Å². The van der Waals surface area contributed by atoms with Crippen molar-refractivity contribution >= 4 is 12.0 Å². The van der Waals surface area contributed by atoms with Gasteiger partial charge in [-0.3, -0.25) is 4.79 Å². The highest BCUT2D eigenvalue weighted by atomic mass is 19.1. The fourth-order valence-electron chi connectivity index (χ4n) is 2.38. The van der Waals surface area contributed by atoms with Gasteiger partial charge in [0.25, 0.3) is 0 Å². The topological polar surface area (TPSA) is 59.0 Å². The van der Waals surface area contributed by atoms with Gasteiger partial charge >= 0.3 is 0 Å². The second-order valence-corrected chi connectivity index (χ2v) is 5.32. The van der Waals surface area contributed by atoms with E-state index >= 15 is 0 Å². The number of likely N-dealkylation sites (N-methyl/N-ethyl adjacent to an activating group) is 1. The molecule has 0 aromatic heterocycles.